The van der Waals surface area contributed by atoms with Crippen molar-refractivity contribution >= 4 is 44.0 Å². The Bertz CT molecular complexity index is 1450. The summed E-state index contributed by atoms with van der Waals surface area (Å²) in [6.07, 6.45) is 3.51. The van der Waals surface area contributed by atoms with Crippen molar-refractivity contribution in [2.24, 2.45) is 5.92 Å². The van der Waals surface area contributed by atoms with E-state index in [0.29, 0.717) is 32.7 Å². The van der Waals surface area contributed by atoms with Gasteiger partial charge in [-0.3, -0.25) is 14.5 Å². The molecule has 2 aromatic heterocycles. The zero-order valence-corrected chi connectivity index (χ0v) is 23.5. The first-order valence-electron chi connectivity index (χ1n) is 14.1. The molecule has 8 nitrogen and oxygen atoms in total. The number of carbonyl (C=O) groups is 1. The second kappa shape index (κ2) is 13.8. The third-order valence-corrected chi connectivity index (χ3v) is 8.47. The highest BCUT2D eigenvalue weighted by atomic mass is 32.1. The van der Waals surface area contributed by atoms with Gasteiger partial charge in [-0.2, -0.15) is 0 Å². The molecule has 0 radical (unpaired) electrons. The van der Waals surface area contributed by atoms with E-state index in [1.807, 2.05) is 35.6 Å². The average molecular weight is 564 g/mol. The Morgan fingerprint density at radius 3 is 2.60 bits per heavy atom. The number of H-pyrrole nitrogens is 1. The first-order valence-corrected chi connectivity index (χ1v) is 14.9. The summed E-state index contributed by atoms with van der Waals surface area (Å²) in [4.78, 5) is 29.7. The number of unbranched alkanes of at least 4 members (excludes halogenated alkanes) is 1. The fourth-order valence-corrected chi connectivity index (χ4v) is 6.06. The molecule has 0 unspecified atom stereocenters. The lowest BCUT2D eigenvalue weighted by atomic mass is 10.0. The molecular formula is C31H37N3O5S. The van der Waals surface area contributed by atoms with Crippen molar-refractivity contribution in [2.45, 2.75) is 25.7 Å². The molecular weight excluding hydrogens is 526 g/mol. The number of ether oxygens (including phenoxy) is 2. The fraction of sp³-hybridized carbons (Fsp3) is 0.419. The van der Waals surface area contributed by atoms with Gasteiger partial charge in [-0.05, 0) is 79.4 Å². The molecule has 2 fully saturated rings. The summed E-state index contributed by atoms with van der Waals surface area (Å²) < 4.78 is 12.3. The van der Waals surface area contributed by atoms with Crippen LogP contribution < -0.4 is 15.2 Å². The number of nitrogens with one attached hydrogen (secondary N) is 1. The number of fused-ring (bicyclic) bond motifs is 2. The van der Waals surface area contributed by atoms with Crippen molar-refractivity contribution in [2.75, 3.05) is 57.4 Å². The van der Waals surface area contributed by atoms with Crippen molar-refractivity contribution in [3.8, 4) is 5.75 Å². The molecule has 0 saturated carbocycles. The molecule has 0 amide bonds. The molecule has 0 atom stereocenters. The summed E-state index contributed by atoms with van der Waals surface area (Å²) in [5.74, 6) is -0.0254. The van der Waals surface area contributed by atoms with Gasteiger partial charge in [0.2, 0.25) is 5.56 Å². The maximum absolute atomic E-state index is 11.5. The number of aliphatic carboxylic acids is 1. The number of hydrogen-bond donors (Lipinski definition) is 2. The number of benzene rings is 2. The zero-order valence-electron chi connectivity index (χ0n) is 22.7. The number of pyridine rings is 1. The van der Waals surface area contributed by atoms with Gasteiger partial charge >= 0.3 is 5.97 Å². The quantitative estimate of drug-likeness (QED) is 0.284. The van der Waals surface area contributed by atoms with E-state index in [-0.39, 0.29) is 11.5 Å². The van der Waals surface area contributed by atoms with Crippen molar-refractivity contribution in [3.63, 3.8) is 0 Å². The van der Waals surface area contributed by atoms with E-state index in [0.717, 1.165) is 62.2 Å². The van der Waals surface area contributed by atoms with Crippen LogP contribution in [0.4, 0.5) is 5.69 Å². The minimum atomic E-state index is -0.682. The number of thiophene rings is 1. The number of anilines is 1. The van der Waals surface area contributed by atoms with Gasteiger partial charge in [0.15, 0.2) is 0 Å². The van der Waals surface area contributed by atoms with Crippen LogP contribution in [-0.2, 0) is 9.53 Å². The average Bonchev–Trinajstić information content (AvgIpc) is 3.47. The Morgan fingerprint density at radius 1 is 1.02 bits per heavy atom. The van der Waals surface area contributed by atoms with E-state index in [9.17, 15) is 9.59 Å². The van der Waals surface area contributed by atoms with Gasteiger partial charge in [-0.15, -0.1) is 11.3 Å². The minimum Gasteiger partial charge on any atom is -0.494 e. The van der Waals surface area contributed by atoms with Crippen molar-refractivity contribution in [3.05, 3.63) is 70.3 Å². The van der Waals surface area contributed by atoms with Crippen LogP contribution in [-0.4, -0.2) is 73.5 Å². The zero-order chi connectivity index (χ0) is 27.7. The Kier molecular flexibility index (Phi) is 9.70. The molecule has 0 aliphatic carbocycles. The lowest BCUT2D eigenvalue weighted by molar-refractivity contribution is -0.144. The highest BCUT2D eigenvalue weighted by Crippen LogP contribution is 2.31. The normalized spacial score (nSPS) is 16.6. The maximum atomic E-state index is 11.5. The number of piperazine rings is 1. The minimum absolute atomic E-state index is 0.0863. The van der Waals surface area contributed by atoms with Gasteiger partial charge < -0.3 is 24.5 Å². The van der Waals surface area contributed by atoms with Crippen molar-refractivity contribution in [1.29, 1.82) is 0 Å². The summed E-state index contributed by atoms with van der Waals surface area (Å²) >= 11 is 1.82. The summed E-state index contributed by atoms with van der Waals surface area (Å²) in [6, 6.07) is 18.1. The van der Waals surface area contributed by atoms with E-state index in [2.05, 4.69) is 44.4 Å². The first kappa shape index (κ1) is 28.1. The van der Waals surface area contributed by atoms with Crippen LogP contribution in [0.1, 0.15) is 25.7 Å². The Labute approximate surface area is 238 Å². The van der Waals surface area contributed by atoms with Gasteiger partial charge in [0.05, 0.1) is 18.0 Å². The number of rotatable bonds is 8. The molecule has 4 heterocycles. The number of carboxylic acids is 1. The van der Waals surface area contributed by atoms with E-state index in [4.69, 9.17) is 14.6 Å². The monoisotopic (exact) mass is 563 g/mol. The van der Waals surface area contributed by atoms with Crippen LogP contribution in [0.5, 0.6) is 5.75 Å². The van der Waals surface area contributed by atoms with Crippen LogP contribution in [0, 0.1) is 5.92 Å². The van der Waals surface area contributed by atoms with E-state index < -0.39 is 5.97 Å². The van der Waals surface area contributed by atoms with Gasteiger partial charge in [0, 0.05) is 67.3 Å². The van der Waals surface area contributed by atoms with Crippen LogP contribution in [0.25, 0.3) is 21.0 Å². The van der Waals surface area contributed by atoms with E-state index in [1.165, 1.54) is 15.8 Å². The number of hydrogen-bond acceptors (Lipinski definition) is 7. The first-order chi connectivity index (χ1) is 19.6. The standard InChI is InChI=1S/C25H27N3O2S.C6H10O3/c29-25-9-7-19-6-8-20(18-22(19)26-25)30-16-2-1-11-27-12-14-28(15-13-27)23-4-3-5-24-21(23)10-17-31-24;7-6(8)5-1-3-9-4-2-5/h3-10,17-18H,1-2,11-16H2,(H,26,29);5H,1-4H2,(H,7,8). The molecule has 2 aliphatic heterocycles. The van der Waals surface area contributed by atoms with Gasteiger partial charge in [-0.25, -0.2) is 0 Å². The van der Waals surface area contributed by atoms with Crippen LogP contribution in [0.3, 0.4) is 0 Å². The largest absolute Gasteiger partial charge is 0.494 e. The predicted octanol–water partition coefficient (Wildman–Crippen LogP) is 5.22. The molecule has 0 bridgehead atoms. The lowest BCUT2D eigenvalue weighted by Crippen LogP contribution is -2.46. The Hall–Kier alpha value is -3.40. The molecule has 4 aromatic rings. The lowest BCUT2D eigenvalue weighted by Gasteiger charge is -2.36. The Balaban J connectivity index is 0.000000306. The number of carboxylic acid groups (broad SMARTS) is 1. The maximum Gasteiger partial charge on any atom is 0.306 e. The van der Waals surface area contributed by atoms with E-state index >= 15 is 0 Å². The molecule has 40 heavy (non-hydrogen) atoms. The third kappa shape index (κ3) is 7.41. The summed E-state index contributed by atoms with van der Waals surface area (Å²) in [7, 11) is 0. The molecule has 212 valence electrons. The van der Waals surface area contributed by atoms with E-state index in [1.54, 1.807) is 6.07 Å². The molecule has 2 aliphatic rings. The number of nitrogens with zero attached hydrogens (tertiary/aromatic N) is 2. The van der Waals surface area contributed by atoms with Crippen LogP contribution in [0.15, 0.2) is 64.8 Å². The van der Waals surface area contributed by atoms with Gasteiger partial charge in [0.25, 0.3) is 0 Å². The third-order valence-electron chi connectivity index (χ3n) is 7.59. The van der Waals surface area contributed by atoms with Crippen LogP contribution in [0.2, 0.25) is 0 Å². The molecule has 9 heteroatoms. The van der Waals surface area contributed by atoms with Crippen LogP contribution >= 0.6 is 11.3 Å². The summed E-state index contributed by atoms with van der Waals surface area (Å²) in [5, 5.41) is 13.1. The van der Waals surface area contributed by atoms with Crippen molar-refractivity contribution < 1.29 is 19.4 Å². The molecule has 2 aromatic carbocycles. The van der Waals surface area contributed by atoms with Crippen molar-refractivity contribution in [1.82, 2.24) is 9.88 Å². The SMILES string of the molecule is O=C(O)C1CCOCC1.O=c1ccc2ccc(OCCCCN3CCN(c4cccc5sccc45)CC3)cc2[nH]1. The molecule has 2 N–H and O–H groups in total. The van der Waals surface area contributed by atoms with Gasteiger partial charge in [0.1, 0.15) is 5.75 Å². The molecule has 2 saturated heterocycles. The fourth-order valence-electron chi connectivity index (χ4n) is 5.26. The number of aromatic nitrogens is 1. The second-order valence-corrected chi connectivity index (χ2v) is 11.2. The second-order valence-electron chi connectivity index (χ2n) is 10.3. The number of aromatic amines is 1. The molecule has 6 rings (SSSR count). The predicted molar refractivity (Wildman–Crippen MR) is 161 cm³/mol. The summed E-state index contributed by atoms with van der Waals surface area (Å²) in [5.41, 5.74) is 2.11. The Morgan fingerprint density at radius 2 is 1.82 bits per heavy atom. The highest BCUT2D eigenvalue weighted by Gasteiger charge is 2.20. The van der Waals surface area contributed by atoms with Gasteiger partial charge in [-0.1, -0.05) is 6.07 Å². The topological polar surface area (TPSA) is 95.1 Å². The smallest absolute Gasteiger partial charge is 0.306 e. The molecule has 0 spiro atoms. The summed E-state index contributed by atoms with van der Waals surface area (Å²) in [6.45, 7) is 7.42. The highest BCUT2D eigenvalue weighted by molar-refractivity contribution is 7.17.